The maximum atomic E-state index is 12.4. The molecule has 2 aromatic carbocycles. The first kappa shape index (κ1) is 28.1. The van der Waals surface area contributed by atoms with Crippen LogP contribution in [0.5, 0.6) is 5.75 Å². The molecule has 35 heavy (non-hydrogen) atoms. The topological polar surface area (TPSA) is 88.7 Å². The molecular formula is C26H33F3N4O2. The van der Waals surface area contributed by atoms with Gasteiger partial charge in [0, 0.05) is 0 Å². The first-order valence-electron chi connectivity index (χ1n) is 11.4. The van der Waals surface area contributed by atoms with Crippen LogP contribution in [0.4, 0.5) is 18.9 Å². The van der Waals surface area contributed by atoms with E-state index in [1.54, 1.807) is 25.3 Å². The van der Waals surface area contributed by atoms with E-state index in [4.69, 9.17) is 10.5 Å². The second kappa shape index (κ2) is 14.3. The van der Waals surface area contributed by atoms with Crippen LogP contribution >= 0.6 is 0 Å². The van der Waals surface area contributed by atoms with Gasteiger partial charge in [0.25, 0.3) is 0 Å². The summed E-state index contributed by atoms with van der Waals surface area (Å²) in [5, 5.41) is 6.39. The van der Waals surface area contributed by atoms with Gasteiger partial charge in [0.1, 0.15) is 17.2 Å². The molecule has 0 amide bonds. The summed E-state index contributed by atoms with van der Waals surface area (Å²) in [4.78, 5) is 14.9. The van der Waals surface area contributed by atoms with Crippen LogP contribution in [0, 0.1) is 0 Å². The summed E-state index contributed by atoms with van der Waals surface area (Å²) in [6.07, 6.45) is -0.871. The van der Waals surface area contributed by atoms with Crippen LogP contribution in [0.25, 0.3) is 0 Å². The minimum absolute atomic E-state index is 0.260. The summed E-state index contributed by atoms with van der Waals surface area (Å²) >= 11 is 0. The second-order valence-electron chi connectivity index (χ2n) is 8.04. The Balaban J connectivity index is 0.000000303. The fourth-order valence-corrected chi connectivity index (χ4v) is 3.66. The molecule has 0 aromatic heterocycles. The van der Waals surface area contributed by atoms with Gasteiger partial charge in [0.2, 0.25) is 0 Å². The lowest BCUT2D eigenvalue weighted by molar-refractivity contribution is -0.102. The van der Waals surface area contributed by atoms with Crippen molar-refractivity contribution in [3.8, 4) is 5.75 Å². The number of nitrogens with one attached hydrogen (secondary N) is 2. The van der Waals surface area contributed by atoms with E-state index >= 15 is 0 Å². The normalized spacial score (nSPS) is 15.2. The van der Waals surface area contributed by atoms with Crippen LogP contribution in [0.3, 0.4) is 0 Å². The van der Waals surface area contributed by atoms with Gasteiger partial charge in [-0.2, -0.15) is 13.2 Å². The Labute approximate surface area is 204 Å². The van der Waals surface area contributed by atoms with Crippen molar-refractivity contribution in [2.45, 2.75) is 31.4 Å². The van der Waals surface area contributed by atoms with Crippen LogP contribution in [0.15, 0.2) is 65.3 Å². The van der Waals surface area contributed by atoms with Crippen molar-refractivity contribution in [1.29, 1.82) is 0 Å². The Morgan fingerprint density at radius 1 is 1.20 bits per heavy atom. The van der Waals surface area contributed by atoms with Crippen LogP contribution in [-0.2, 0) is 11.2 Å². The van der Waals surface area contributed by atoms with E-state index < -0.39 is 11.9 Å². The maximum Gasteiger partial charge on any atom is 0.430 e. The molecule has 0 atom stereocenters. The Bertz CT molecular complexity index is 1000. The molecule has 3 rings (SSSR count). The number of aldehydes is 1. The van der Waals surface area contributed by atoms with Gasteiger partial charge in [-0.15, -0.1) is 0 Å². The molecule has 1 aliphatic heterocycles. The third-order valence-electron chi connectivity index (χ3n) is 5.53. The summed E-state index contributed by atoms with van der Waals surface area (Å²) in [6.45, 7) is 2.85. The number of para-hydroxylation sites is 1. The predicted octanol–water partition coefficient (Wildman–Crippen LogP) is 4.29. The molecule has 190 valence electrons. The number of alkyl halides is 3. The van der Waals surface area contributed by atoms with E-state index in [1.807, 2.05) is 31.3 Å². The molecule has 0 saturated carbocycles. The summed E-state index contributed by atoms with van der Waals surface area (Å²) in [6, 6.07) is 15.3. The molecule has 0 aliphatic carbocycles. The van der Waals surface area contributed by atoms with E-state index in [9.17, 15) is 18.0 Å². The molecule has 0 bridgehead atoms. The number of hydrogen-bond donors (Lipinski definition) is 3. The van der Waals surface area contributed by atoms with Crippen molar-refractivity contribution in [3.05, 3.63) is 71.4 Å². The molecule has 1 saturated heterocycles. The van der Waals surface area contributed by atoms with Crippen LogP contribution < -0.4 is 21.1 Å². The highest BCUT2D eigenvalue weighted by Gasteiger charge is 2.31. The minimum Gasteiger partial charge on any atom is -0.496 e. The number of likely N-dealkylation sites (N-methyl/N-ethyl adjacent to an activating group) is 1. The number of piperidine rings is 1. The monoisotopic (exact) mass is 490 g/mol. The second-order valence-corrected chi connectivity index (χ2v) is 8.04. The molecule has 0 unspecified atom stereocenters. The number of carbonyl (C=O) groups is 1. The van der Waals surface area contributed by atoms with Crippen molar-refractivity contribution in [2.24, 2.45) is 10.7 Å². The van der Waals surface area contributed by atoms with Gasteiger partial charge in [-0.1, -0.05) is 30.3 Å². The molecule has 1 aliphatic rings. The molecule has 0 radical (unpaired) electrons. The van der Waals surface area contributed by atoms with Crippen LogP contribution in [-0.4, -0.2) is 52.0 Å². The van der Waals surface area contributed by atoms with Gasteiger partial charge in [-0.05, 0) is 87.3 Å². The molecule has 1 fully saturated rings. The summed E-state index contributed by atoms with van der Waals surface area (Å²) < 4.78 is 42.5. The van der Waals surface area contributed by atoms with E-state index in [2.05, 4.69) is 21.7 Å². The molecule has 6 nitrogen and oxygen atoms in total. The number of benzene rings is 2. The van der Waals surface area contributed by atoms with Gasteiger partial charge in [0.15, 0.2) is 6.29 Å². The van der Waals surface area contributed by atoms with Gasteiger partial charge < -0.3 is 21.1 Å². The first-order valence-corrected chi connectivity index (χ1v) is 11.4. The number of rotatable bonds is 8. The Morgan fingerprint density at radius 2 is 1.91 bits per heavy atom. The molecule has 4 N–H and O–H groups in total. The van der Waals surface area contributed by atoms with Crippen molar-refractivity contribution in [1.82, 2.24) is 10.6 Å². The number of hydrogen-bond acceptors (Lipinski definition) is 6. The SMILES string of the molecule is CNCCc1ccccc1OC.N/C(=C\C(C=O)=Nc1cccc(C2CCNCC2)c1)C(F)(F)F. The largest absolute Gasteiger partial charge is 0.496 e. The summed E-state index contributed by atoms with van der Waals surface area (Å²) in [5.41, 5.74) is 5.98. The van der Waals surface area contributed by atoms with Gasteiger partial charge in [0.05, 0.1) is 12.8 Å². The number of carbonyl (C=O) groups excluding carboxylic acids is 1. The molecule has 2 aromatic rings. The lowest BCUT2D eigenvalue weighted by Crippen LogP contribution is -2.26. The van der Waals surface area contributed by atoms with E-state index in [0.717, 1.165) is 50.2 Å². The fourth-order valence-electron chi connectivity index (χ4n) is 3.66. The third kappa shape index (κ3) is 9.54. The zero-order chi connectivity index (χ0) is 25.7. The number of nitrogens with two attached hydrogens (primary N) is 1. The van der Waals surface area contributed by atoms with Gasteiger partial charge in [-0.25, -0.2) is 4.99 Å². The highest BCUT2D eigenvalue weighted by atomic mass is 19.4. The van der Waals surface area contributed by atoms with Crippen molar-refractivity contribution < 1.29 is 22.7 Å². The zero-order valence-electron chi connectivity index (χ0n) is 20.1. The smallest absolute Gasteiger partial charge is 0.430 e. The molecule has 0 spiro atoms. The highest BCUT2D eigenvalue weighted by molar-refractivity contribution is 6.34. The molecule has 1 heterocycles. The Hall–Kier alpha value is -3.17. The van der Waals surface area contributed by atoms with E-state index in [1.165, 1.54) is 5.56 Å². The van der Waals surface area contributed by atoms with Crippen LogP contribution in [0.2, 0.25) is 0 Å². The number of allylic oxidation sites excluding steroid dienone is 2. The Morgan fingerprint density at radius 3 is 2.54 bits per heavy atom. The number of methoxy groups -OCH3 is 1. The van der Waals surface area contributed by atoms with E-state index in [0.29, 0.717) is 17.7 Å². The lowest BCUT2D eigenvalue weighted by atomic mass is 9.90. The molecular weight excluding hydrogens is 457 g/mol. The average molecular weight is 491 g/mol. The van der Waals surface area contributed by atoms with Crippen molar-refractivity contribution in [3.63, 3.8) is 0 Å². The fraction of sp³-hybridized carbons (Fsp3) is 0.385. The Kier molecular flexibility index (Phi) is 11.5. The first-order chi connectivity index (χ1) is 16.8. The number of aliphatic imine (C=N–C) groups is 1. The average Bonchev–Trinajstić information content (AvgIpc) is 2.87. The quantitative estimate of drug-likeness (QED) is 0.380. The van der Waals surface area contributed by atoms with Crippen LogP contribution in [0.1, 0.15) is 29.9 Å². The number of halogens is 3. The summed E-state index contributed by atoms with van der Waals surface area (Å²) in [7, 11) is 3.66. The lowest BCUT2D eigenvalue weighted by Gasteiger charge is -2.23. The van der Waals surface area contributed by atoms with Gasteiger partial charge in [-0.3, -0.25) is 4.79 Å². The maximum absolute atomic E-state index is 12.4. The van der Waals surface area contributed by atoms with E-state index in [-0.39, 0.29) is 12.0 Å². The zero-order valence-corrected chi connectivity index (χ0v) is 20.1. The molecule has 9 heteroatoms. The van der Waals surface area contributed by atoms with Gasteiger partial charge >= 0.3 is 6.18 Å². The van der Waals surface area contributed by atoms with Crippen molar-refractivity contribution in [2.75, 3.05) is 33.8 Å². The minimum atomic E-state index is -4.68. The third-order valence-corrected chi connectivity index (χ3v) is 5.53. The van der Waals surface area contributed by atoms with Crippen molar-refractivity contribution >= 4 is 17.7 Å². The number of ether oxygens (including phenoxy) is 1. The number of nitrogens with zero attached hydrogens (tertiary/aromatic N) is 1. The highest BCUT2D eigenvalue weighted by Crippen LogP contribution is 2.28. The standard InChI is InChI=1S/C16H18F3N3O.C10H15NO/c17-16(18,19)15(20)9-14(10-23)22-13-3-1-2-12(8-13)11-4-6-21-7-5-11;1-11-8-7-9-5-3-4-6-10(9)12-2/h1-3,8-11,21H,4-7,20H2;3-6,11H,7-8H2,1-2H3/b15-9-,22-14?;. The summed E-state index contributed by atoms with van der Waals surface area (Å²) in [5.74, 6) is 1.37. The predicted molar refractivity (Wildman–Crippen MR) is 133 cm³/mol.